The van der Waals surface area contributed by atoms with Crippen LogP contribution in [0, 0.1) is 0 Å². The Balaban J connectivity index is 1.47. The molecular formula is C30H26BrN3O3S2. The first kappa shape index (κ1) is 28.4. The van der Waals surface area contributed by atoms with Gasteiger partial charge in [-0.25, -0.2) is 0 Å². The number of rotatable bonds is 10. The number of hydrogen-bond donors (Lipinski definition) is 3. The van der Waals surface area contributed by atoms with Crippen LogP contribution in [-0.4, -0.2) is 23.0 Å². The highest BCUT2D eigenvalue weighted by Gasteiger charge is 2.20. The molecule has 3 amide bonds. The van der Waals surface area contributed by atoms with Crippen molar-refractivity contribution in [3.8, 4) is 0 Å². The number of benzene rings is 3. The third kappa shape index (κ3) is 8.16. The van der Waals surface area contributed by atoms with E-state index in [9.17, 15) is 14.4 Å². The maximum Gasteiger partial charge on any atom is 0.272 e. The highest BCUT2D eigenvalue weighted by Crippen LogP contribution is 2.30. The Morgan fingerprint density at radius 1 is 0.949 bits per heavy atom. The molecule has 0 fully saturated rings. The fourth-order valence-corrected chi connectivity index (χ4v) is 5.59. The molecule has 0 spiro atoms. The van der Waals surface area contributed by atoms with Crippen molar-refractivity contribution < 1.29 is 14.4 Å². The summed E-state index contributed by atoms with van der Waals surface area (Å²) in [5.74, 6) is -0.932. The number of thiophene rings is 1. The van der Waals surface area contributed by atoms with Gasteiger partial charge in [-0.3, -0.25) is 14.4 Å². The van der Waals surface area contributed by atoms with Crippen molar-refractivity contribution in [2.45, 2.75) is 23.5 Å². The lowest BCUT2D eigenvalue weighted by Gasteiger charge is -2.16. The summed E-state index contributed by atoms with van der Waals surface area (Å²) in [5.41, 5.74) is 2.65. The third-order valence-corrected chi connectivity index (χ3v) is 8.30. The first-order valence-electron chi connectivity index (χ1n) is 12.2. The Kier molecular flexibility index (Phi) is 10.1. The van der Waals surface area contributed by atoms with Crippen LogP contribution in [0.25, 0.3) is 6.08 Å². The van der Waals surface area contributed by atoms with E-state index in [1.165, 1.54) is 23.1 Å². The van der Waals surface area contributed by atoms with Gasteiger partial charge >= 0.3 is 0 Å². The molecule has 0 aliphatic heterocycles. The van der Waals surface area contributed by atoms with E-state index in [4.69, 9.17) is 0 Å². The molecule has 4 rings (SSSR count). The molecule has 0 bridgehead atoms. The molecule has 1 atom stereocenters. The Bertz CT molecular complexity index is 1470. The largest absolute Gasteiger partial charge is 0.324 e. The Morgan fingerprint density at radius 3 is 2.44 bits per heavy atom. The monoisotopic (exact) mass is 619 g/mol. The van der Waals surface area contributed by atoms with Crippen molar-refractivity contribution in [1.82, 2.24) is 5.32 Å². The molecule has 3 N–H and O–H groups in total. The summed E-state index contributed by atoms with van der Waals surface area (Å²) >= 11 is 6.38. The van der Waals surface area contributed by atoms with Crippen molar-refractivity contribution in [2.75, 3.05) is 10.6 Å². The van der Waals surface area contributed by atoms with Gasteiger partial charge in [0.05, 0.1) is 10.9 Å². The standard InChI is InChI=1S/C30H26BrN3O3S2/c1-2-27(30(37)33-25-14-7-6-13-24(25)31)39-23-12-8-11-22(18-23)32-29(36)26(17-20-15-16-38-19-20)34-28(35)21-9-4-3-5-10-21/h3-19,27H,2H2,1H3,(H,32,36)(H,33,37)(H,34,35)/b26-17-. The van der Waals surface area contributed by atoms with Gasteiger partial charge in [0.15, 0.2) is 0 Å². The molecule has 0 aliphatic rings. The number of nitrogens with one attached hydrogen (secondary N) is 3. The van der Waals surface area contributed by atoms with Gasteiger partial charge in [0, 0.05) is 20.6 Å². The number of anilines is 2. The van der Waals surface area contributed by atoms with Gasteiger partial charge in [-0.2, -0.15) is 11.3 Å². The fraction of sp³-hybridized carbons (Fsp3) is 0.100. The van der Waals surface area contributed by atoms with Gasteiger partial charge in [-0.05, 0) is 93.3 Å². The summed E-state index contributed by atoms with van der Waals surface area (Å²) in [6.45, 7) is 1.96. The molecule has 1 unspecified atom stereocenters. The summed E-state index contributed by atoms with van der Waals surface area (Å²) < 4.78 is 0.813. The van der Waals surface area contributed by atoms with Crippen LogP contribution in [0.1, 0.15) is 29.3 Å². The van der Waals surface area contributed by atoms with Crippen LogP contribution in [0.5, 0.6) is 0 Å². The quantitative estimate of drug-likeness (QED) is 0.127. The number of thioether (sulfide) groups is 1. The fourth-order valence-electron chi connectivity index (χ4n) is 3.57. The van der Waals surface area contributed by atoms with Crippen LogP contribution >= 0.6 is 39.0 Å². The second-order valence-corrected chi connectivity index (χ2v) is 11.3. The van der Waals surface area contributed by atoms with Crippen molar-refractivity contribution >= 4 is 74.2 Å². The van der Waals surface area contributed by atoms with Crippen molar-refractivity contribution in [3.63, 3.8) is 0 Å². The lowest BCUT2D eigenvalue weighted by molar-refractivity contribution is -0.116. The molecule has 4 aromatic rings. The van der Waals surface area contributed by atoms with E-state index in [1.54, 1.807) is 36.4 Å². The Labute approximate surface area is 244 Å². The number of hydrogen-bond acceptors (Lipinski definition) is 5. The predicted octanol–water partition coefficient (Wildman–Crippen LogP) is 7.43. The van der Waals surface area contributed by atoms with Crippen LogP contribution in [0.3, 0.4) is 0 Å². The van der Waals surface area contributed by atoms with Crippen LogP contribution in [-0.2, 0) is 9.59 Å². The molecule has 9 heteroatoms. The molecule has 0 radical (unpaired) electrons. The second kappa shape index (κ2) is 13.9. The first-order valence-corrected chi connectivity index (χ1v) is 14.8. The van der Waals surface area contributed by atoms with E-state index in [2.05, 4.69) is 31.9 Å². The summed E-state index contributed by atoms with van der Waals surface area (Å²) in [6.07, 6.45) is 2.26. The summed E-state index contributed by atoms with van der Waals surface area (Å²) in [6, 6.07) is 25.4. The van der Waals surface area contributed by atoms with Gasteiger partial charge in [-0.15, -0.1) is 11.8 Å². The minimum absolute atomic E-state index is 0.103. The summed E-state index contributed by atoms with van der Waals surface area (Å²) in [7, 11) is 0. The van der Waals surface area contributed by atoms with Gasteiger partial charge in [0.1, 0.15) is 5.70 Å². The van der Waals surface area contributed by atoms with Crippen molar-refractivity contribution in [2.24, 2.45) is 0 Å². The van der Waals surface area contributed by atoms with Crippen LogP contribution in [0.4, 0.5) is 11.4 Å². The van der Waals surface area contributed by atoms with Crippen LogP contribution < -0.4 is 16.0 Å². The van der Waals surface area contributed by atoms with Gasteiger partial charge < -0.3 is 16.0 Å². The minimum atomic E-state index is -0.452. The van der Waals surface area contributed by atoms with Gasteiger partial charge in [-0.1, -0.05) is 43.3 Å². The average molecular weight is 621 g/mol. The second-order valence-electron chi connectivity index (χ2n) is 8.40. The first-order chi connectivity index (χ1) is 18.9. The molecule has 198 valence electrons. The topological polar surface area (TPSA) is 87.3 Å². The smallest absolute Gasteiger partial charge is 0.272 e. The zero-order chi connectivity index (χ0) is 27.6. The molecule has 0 saturated carbocycles. The van der Waals surface area contributed by atoms with E-state index in [0.717, 1.165) is 14.9 Å². The molecule has 3 aromatic carbocycles. The van der Waals surface area contributed by atoms with Crippen LogP contribution in [0.2, 0.25) is 0 Å². The van der Waals surface area contributed by atoms with E-state index >= 15 is 0 Å². The molecule has 0 saturated heterocycles. The highest BCUT2D eigenvalue weighted by molar-refractivity contribution is 9.10. The maximum atomic E-state index is 13.3. The SMILES string of the molecule is CCC(Sc1cccc(NC(=O)/C(=C/c2ccsc2)NC(=O)c2ccccc2)c1)C(=O)Nc1ccccc1Br. The van der Waals surface area contributed by atoms with Crippen LogP contribution in [0.15, 0.2) is 111 Å². The van der Waals surface area contributed by atoms with Crippen molar-refractivity contribution in [1.29, 1.82) is 0 Å². The Hall–Kier alpha value is -3.66. The zero-order valence-electron chi connectivity index (χ0n) is 21.0. The molecule has 1 heterocycles. The lowest BCUT2D eigenvalue weighted by atomic mass is 10.2. The number of amides is 3. The van der Waals surface area contributed by atoms with Gasteiger partial charge in [0.25, 0.3) is 11.8 Å². The normalized spacial score (nSPS) is 11.9. The molecular weight excluding hydrogens is 594 g/mol. The number of halogens is 1. The Morgan fingerprint density at radius 2 is 1.72 bits per heavy atom. The zero-order valence-corrected chi connectivity index (χ0v) is 24.2. The van der Waals surface area contributed by atoms with E-state index in [0.29, 0.717) is 23.4 Å². The molecule has 39 heavy (non-hydrogen) atoms. The lowest BCUT2D eigenvalue weighted by Crippen LogP contribution is -2.30. The van der Waals surface area contributed by atoms with E-state index in [-0.39, 0.29) is 22.8 Å². The average Bonchev–Trinajstić information content (AvgIpc) is 3.46. The van der Waals surface area contributed by atoms with E-state index < -0.39 is 5.91 Å². The summed E-state index contributed by atoms with van der Waals surface area (Å²) in [4.78, 5) is 39.8. The minimum Gasteiger partial charge on any atom is -0.324 e. The number of carbonyl (C=O) groups excluding carboxylic acids is 3. The molecule has 1 aromatic heterocycles. The predicted molar refractivity (Wildman–Crippen MR) is 164 cm³/mol. The third-order valence-electron chi connectivity index (χ3n) is 5.55. The van der Waals surface area contributed by atoms with Gasteiger partial charge in [0.2, 0.25) is 5.91 Å². The van der Waals surface area contributed by atoms with Crippen molar-refractivity contribution in [3.05, 3.63) is 117 Å². The highest BCUT2D eigenvalue weighted by atomic mass is 79.9. The summed E-state index contributed by atoms with van der Waals surface area (Å²) in [5, 5.41) is 12.1. The number of carbonyl (C=O) groups is 3. The molecule has 6 nitrogen and oxygen atoms in total. The van der Waals surface area contributed by atoms with E-state index in [1.807, 2.05) is 72.3 Å². The maximum absolute atomic E-state index is 13.3. The molecule has 0 aliphatic carbocycles. The number of para-hydroxylation sites is 1.